The van der Waals surface area contributed by atoms with Crippen LogP contribution in [0.1, 0.15) is 27.7 Å². The summed E-state index contributed by atoms with van der Waals surface area (Å²) in [6, 6.07) is 6.90. The molecule has 1 aromatic rings. The highest BCUT2D eigenvalue weighted by Gasteiger charge is 2.37. The third-order valence-corrected chi connectivity index (χ3v) is 5.24. The van der Waals surface area contributed by atoms with Gasteiger partial charge >= 0.3 is 0 Å². The van der Waals surface area contributed by atoms with E-state index in [1.165, 1.54) is 4.31 Å². The van der Waals surface area contributed by atoms with Gasteiger partial charge in [-0.25, -0.2) is 8.42 Å². The molecule has 1 unspecified atom stereocenters. The van der Waals surface area contributed by atoms with E-state index < -0.39 is 15.6 Å². The highest BCUT2D eigenvalue weighted by atomic mass is 32.2. The molecule has 0 saturated carbocycles. The molecule has 0 aromatic heterocycles. The van der Waals surface area contributed by atoms with Crippen LogP contribution in [-0.2, 0) is 14.8 Å². The fourth-order valence-corrected chi connectivity index (χ4v) is 4.34. The third-order valence-electron chi connectivity index (χ3n) is 3.41. The Hall–Kier alpha value is -1.11. The lowest BCUT2D eigenvalue weighted by Gasteiger charge is -2.40. The van der Waals surface area contributed by atoms with Gasteiger partial charge in [-0.1, -0.05) is 0 Å². The minimum atomic E-state index is -3.47. The lowest BCUT2D eigenvalue weighted by Crippen LogP contribution is -2.53. The number of hydrogen-bond donors (Lipinski definition) is 1. The van der Waals surface area contributed by atoms with Crippen molar-refractivity contribution in [1.82, 2.24) is 4.31 Å². The zero-order valence-electron chi connectivity index (χ0n) is 13.1. The van der Waals surface area contributed by atoms with E-state index in [2.05, 4.69) is 5.32 Å². The highest BCUT2D eigenvalue weighted by Crippen LogP contribution is 2.26. The lowest BCUT2D eigenvalue weighted by molar-refractivity contribution is -0.109. The van der Waals surface area contributed by atoms with Crippen LogP contribution in [0.25, 0.3) is 0 Å². The standard InChI is InChI=1S/C15H24N2O3S/c1-5-16-13-6-8-14(9-7-13)21(18,19)17-10-12(2)20-15(3,4)11-17/h6-9,12,16H,5,10-11H2,1-4H3. The highest BCUT2D eigenvalue weighted by molar-refractivity contribution is 7.89. The first kappa shape index (κ1) is 16.3. The van der Waals surface area contributed by atoms with Gasteiger partial charge in [0.2, 0.25) is 10.0 Å². The van der Waals surface area contributed by atoms with Crippen molar-refractivity contribution in [2.24, 2.45) is 0 Å². The fourth-order valence-electron chi connectivity index (χ4n) is 2.68. The largest absolute Gasteiger partial charge is 0.385 e. The average molecular weight is 312 g/mol. The molecule has 0 aliphatic carbocycles. The molecule has 1 atom stereocenters. The van der Waals surface area contributed by atoms with E-state index in [4.69, 9.17) is 4.74 Å². The van der Waals surface area contributed by atoms with Gasteiger partial charge in [-0.15, -0.1) is 0 Å². The quantitative estimate of drug-likeness (QED) is 0.927. The summed E-state index contributed by atoms with van der Waals surface area (Å²) in [5, 5.41) is 3.16. The summed E-state index contributed by atoms with van der Waals surface area (Å²) in [7, 11) is -3.47. The van der Waals surface area contributed by atoms with Crippen LogP contribution in [0.3, 0.4) is 0 Å². The monoisotopic (exact) mass is 312 g/mol. The fraction of sp³-hybridized carbons (Fsp3) is 0.600. The van der Waals surface area contributed by atoms with Crippen molar-refractivity contribution >= 4 is 15.7 Å². The molecule has 1 N–H and O–H groups in total. The van der Waals surface area contributed by atoms with Crippen molar-refractivity contribution < 1.29 is 13.2 Å². The molecule has 1 heterocycles. The SMILES string of the molecule is CCNc1ccc(S(=O)(=O)N2CC(C)OC(C)(C)C2)cc1. The van der Waals surface area contributed by atoms with Gasteiger partial charge < -0.3 is 10.1 Å². The number of nitrogens with zero attached hydrogens (tertiary/aromatic N) is 1. The number of rotatable bonds is 4. The second-order valence-corrected chi connectivity index (χ2v) is 7.98. The number of anilines is 1. The van der Waals surface area contributed by atoms with E-state index in [0.29, 0.717) is 18.0 Å². The number of morpholine rings is 1. The molecule has 1 aromatic carbocycles. The lowest BCUT2D eigenvalue weighted by atomic mass is 10.1. The van der Waals surface area contributed by atoms with E-state index in [9.17, 15) is 8.42 Å². The van der Waals surface area contributed by atoms with Gasteiger partial charge in [0.15, 0.2) is 0 Å². The summed E-state index contributed by atoms with van der Waals surface area (Å²) in [6.45, 7) is 9.30. The van der Waals surface area contributed by atoms with Crippen LogP contribution >= 0.6 is 0 Å². The van der Waals surface area contributed by atoms with Crippen molar-refractivity contribution in [1.29, 1.82) is 0 Å². The molecule has 2 rings (SSSR count). The van der Waals surface area contributed by atoms with Crippen LogP contribution in [0, 0.1) is 0 Å². The van der Waals surface area contributed by atoms with E-state index in [1.54, 1.807) is 24.3 Å². The molecule has 0 amide bonds. The molecule has 1 aliphatic heterocycles. The van der Waals surface area contributed by atoms with E-state index in [0.717, 1.165) is 12.2 Å². The molecule has 118 valence electrons. The Morgan fingerprint density at radius 2 is 1.95 bits per heavy atom. The molecule has 1 fully saturated rings. The van der Waals surface area contributed by atoms with Crippen molar-refractivity contribution in [2.75, 3.05) is 25.0 Å². The Bertz CT molecular complexity index is 581. The maximum atomic E-state index is 12.7. The number of nitrogens with one attached hydrogen (secondary N) is 1. The third kappa shape index (κ3) is 3.75. The van der Waals surface area contributed by atoms with Crippen molar-refractivity contribution in [3.63, 3.8) is 0 Å². The Morgan fingerprint density at radius 3 is 2.48 bits per heavy atom. The Morgan fingerprint density at radius 1 is 1.33 bits per heavy atom. The minimum Gasteiger partial charge on any atom is -0.385 e. The number of hydrogen-bond acceptors (Lipinski definition) is 4. The molecule has 0 bridgehead atoms. The first-order chi connectivity index (χ1) is 9.74. The summed E-state index contributed by atoms with van der Waals surface area (Å²) in [6.07, 6.45) is -0.107. The molecule has 5 nitrogen and oxygen atoms in total. The van der Waals surface area contributed by atoms with Crippen molar-refractivity contribution in [3.8, 4) is 0 Å². The summed E-state index contributed by atoms with van der Waals surface area (Å²) in [4.78, 5) is 0.328. The Balaban J connectivity index is 2.24. The van der Waals surface area contributed by atoms with Crippen LogP contribution in [0.4, 0.5) is 5.69 Å². The van der Waals surface area contributed by atoms with E-state index in [-0.39, 0.29) is 6.10 Å². The van der Waals surface area contributed by atoms with Gasteiger partial charge in [-0.2, -0.15) is 4.31 Å². The molecule has 0 spiro atoms. The first-order valence-electron chi connectivity index (χ1n) is 7.26. The molecule has 1 aliphatic rings. The van der Waals surface area contributed by atoms with E-state index >= 15 is 0 Å². The minimum absolute atomic E-state index is 0.107. The molecule has 1 saturated heterocycles. The smallest absolute Gasteiger partial charge is 0.243 e. The second kappa shape index (κ2) is 5.94. The zero-order valence-corrected chi connectivity index (χ0v) is 13.9. The zero-order chi connectivity index (χ0) is 15.7. The molecule has 0 radical (unpaired) electrons. The molecule has 6 heteroatoms. The van der Waals surface area contributed by atoms with Gasteiger partial charge in [0.05, 0.1) is 16.6 Å². The first-order valence-corrected chi connectivity index (χ1v) is 8.70. The average Bonchev–Trinajstić information content (AvgIpc) is 2.37. The predicted octanol–water partition coefficient (Wildman–Crippen LogP) is 2.31. The number of benzene rings is 1. The van der Waals surface area contributed by atoms with Gasteiger partial charge in [0.1, 0.15) is 0 Å². The molecular formula is C15H24N2O3S. The summed E-state index contributed by atoms with van der Waals surface area (Å²) >= 11 is 0. The Kier molecular flexibility index (Phi) is 4.60. The Labute approximate surface area is 127 Å². The molecule has 21 heavy (non-hydrogen) atoms. The second-order valence-electron chi connectivity index (χ2n) is 6.04. The van der Waals surface area contributed by atoms with Gasteiger partial charge in [-0.05, 0) is 52.0 Å². The van der Waals surface area contributed by atoms with Crippen LogP contribution < -0.4 is 5.32 Å². The van der Waals surface area contributed by atoms with Crippen LogP contribution in [0.15, 0.2) is 29.2 Å². The normalized spacial score (nSPS) is 23.0. The van der Waals surface area contributed by atoms with Gasteiger partial charge in [-0.3, -0.25) is 0 Å². The van der Waals surface area contributed by atoms with Crippen LogP contribution in [-0.4, -0.2) is 44.1 Å². The maximum absolute atomic E-state index is 12.7. The predicted molar refractivity (Wildman–Crippen MR) is 84.0 cm³/mol. The summed E-state index contributed by atoms with van der Waals surface area (Å²) in [5.41, 5.74) is 0.459. The van der Waals surface area contributed by atoms with Crippen molar-refractivity contribution in [2.45, 2.75) is 44.3 Å². The summed E-state index contributed by atoms with van der Waals surface area (Å²) in [5.74, 6) is 0. The number of sulfonamides is 1. The van der Waals surface area contributed by atoms with Crippen LogP contribution in [0.2, 0.25) is 0 Å². The van der Waals surface area contributed by atoms with Gasteiger partial charge in [0.25, 0.3) is 0 Å². The van der Waals surface area contributed by atoms with Crippen LogP contribution in [0.5, 0.6) is 0 Å². The van der Waals surface area contributed by atoms with E-state index in [1.807, 2.05) is 27.7 Å². The summed E-state index contributed by atoms with van der Waals surface area (Å²) < 4.78 is 32.8. The van der Waals surface area contributed by atoms with Crippen molar-refractivity contribution in [3.05, 3.63) is 24.3 Å². The topological polar surface area (TPSA) is 58.6 Å². The maximum Gasteiger partial charge on any atom is 0.243 e. The molecular weight excluding hydrogens is 288 g/mol. The van der Waals surface area contributed by atoms with Gasteiger partial charge in [0, 0.05) is 25.3 Å². The number of ether oxygens (including phenoxy) is 1.